The quantitative estimate of drug-likeness (QED) is 0.0545. The van der Waals surface area contributed by atoms with Crippen LogP contribution < -0.4 is 16.0 Å². The molecule has 0 spiro atoms. The largest absolute Gasteiger partial charge is 0.321 e. The van der Waals surface area contributed by atoms with Gasteiger partial charge in [0.05, 0.1) is 16.4 Å². The Hall–Kier alpha value is -5.01. The number of nitrogens with zero attached hydrogens (tertiary/aromatic N) is 2. The van der Waals surface area contributed by atoms with Crippen molar-refractivity contribution >= 4 is 86.6 Å². The summed E-state index contributed by atoms with van der Waals surface area (Å²) in [4.78, 5) is 54.8. The van der Waals surface area contributed by atoms with Gasteiger partial charge in [-0.3, -0.25) is 24.5 Å². The third kappa shape index (κ3) is 9.05. The Bertz CT molecular complexity index is 1980. The van der Waals surface area contributed by atoms with Crippen molar-refractivity contribution in [1.29, 1.82) is 0 Å². The lowest BCUT2D eigenvalue weighted by molar-refractivity contribution is -0.384. The maximum absolute atomic E-state index is 13.5. The number of halogens is 2. The second-order valence-corrected chi connectivity index (χ2v) is 12.4. The van der Waals surface area contributed by atoms with Crippen LogP contribution >= 0.6 is 46.3 Å². The van der Waals surface area contributed by atoms with Crippen LogP contribution in [0.5, 0.6) is 0 Å². The smallest absolute Gasteiger partial charge is 0.272 e. The summed E-state index contributed by atoms with van der Waals surface area (Å²) in [6.45, 7) is 0. The molecule has 5 aromatic rings. The van der Waals surface area contributed by atoms with Gasteiger partial charge < -0.3 is 16.0 Å². The van der Waals surface area contributed by atoms with E-state index in [-0.39, 0.29) is 23.0 Å². The summed E-state index contributed by atoms with van der Waals surface area (Å²) in [7, 11) is 0. The molecule has 14 heteroatoms. The van der Waals surface area contributed by atoms with Gasteiger partial charge in [0.15, 0.2) is 5.13 Å². The second kappa shape index (κ2) is 15.5. The molecule has 3 N–H and O–H groups in total. The molecule has 4 aromatic carbocycles. The molecule has 0 unspecified atom stereocenters. The van der Waals surface area contributed by atoms with E-state index in [4.69, 9.17) is 23.2 Å². The predicted octanol–water partition coefficient (Wildman–Crippen LogP) is 8.17. The van der Waals surface area contributed by atoms with Crippen molar-refractivity contribution in [3.63, 3.8) is 0 Å². The fraction of sp³-hybridized carbons (Fsp3) is 0.0303. The number of hydrogen-bond donors (Lipinski definition) is 3. The highest BCUT2D eigenvalue weighted by Gasteiger charge is 2.17. The van der Waals surface area contributed by atoms with E-state index in [9.17, 15) is 24.5 Å². The molecule has 0 aliphatic carbocycles. The fourth-order valence-electron chi connectivity index (χ4n) is 4.14. The van der Waals surface area contributed by atoms with Crippen molar-refractivity contribution in [2.45, 2.75) is 4.90 Å². The number of nitro groups is 1. The lowest BCUT2D eigenvalue weighted by atomic mass is 10.1. The third-order valence-electron chi connectivity index (χ3n) is 6.38. The number of carbonyl (C=O) groups is 3. The van der Waals surface area contributed by atoms with E-state index in [0.717, 1.165) is 0 Å². The minimum atomic E-state index is -0.617. The molecule has 236 valence electrons. The molecule has 0 aliphatic heterocycles. The summed E-state index contributed by atoms with van der Waals surface area (Å²) < 4.78 is 0. The molecular formula is C33H23Cl2N5O5S2. The lowest BCUT2D eigenvalue weighted by Crippen LogP contribution is -2.30. The number of thioether (sulfide) groups is 1. The van der Waals surface area contributed by atoms with Crippen LogP contribution in [-0.4, -0.2) is 33.4 Å². The van der Waals surface area contributed by atoms with Gasteiger partial charge in [-0.25, -0.2) is 4.98 Å². The minimum Gasteiger partial charge on any atom is -0.321 e. The summed E-state index contributed by atoms with van der Waals surface area (Å²) >= 11 is 15.1. The summed E-state index contributed by atoms with van der Waals surface area (Å²) in [6, 6.07) is 26.3. The molecule has 0 saturated carbocycles. The van der Waals surface area contributed by atoms with Crippen molar-refractivity contribution in [3.8, 4) is 11.3 Å². The van der Waals surface area contributed by atoms with Gasteiger partial charge in [-0.15, -0.1) is 23.1 Å². The molecule has 0 saturated heterocycles. The average molecular weight is 705 g/mol. The molecule has 0 fully saturated rings. The van der Waals surface area contributed by atoms with E-state index >= 15 is 0 Å². The number of aromatic nitrogens is 1. The maximum Gasteiger partial charge on any atom is 0.272 e. The number of amides is 3. The van der Waals surface area contributed by atoms with Gasteiger partial charge in [-0.2, -0.15) is 0 Å². The summed E-state index contributed by atoms with van der Waals surface area (Å²) in [5.74, 6) is -1.38. The topological polar surface area (TPSA) is 143 Å². The number of hydrogen-bond acceptors (Lipinski definition) is 8. The summed E-state index contributed by atoms with van der Waals surface area (Å²) in [5, 5.41) is 21.9. The number of rotatable bonds is 11. The normalized spacial score (nSPS) is 11.1. The molecular weight excluding hydrogens is 681 g/mol. The molecule has 0 bridgehead atoms. The Morgan fingerprint density at radius 1 is 0.894 bits per heavy atom. The average Bonchev–Trinajstić information content (AvgIpc) is 3.54. The van der Waals surface area contributed by atoms with Crippen molar-refractivity contribution in [2.24, 2.45) is 0 Å². The standard InChI is InChI=1S/C33H23Cl2N5O5S2/c34-26-13-6-14-27(35)25(26)17-28(37-31(42)20-7-2-1-3-8-20)32(43)36-22-10-5-12-24(16-22)46-19-30(41)39-33-38-29(18-47-33)21-9-4-11-23(15-21)40(44)45/h1-18H,19H2,(H,36,43)(H,37,42)(H,38,39,41)/b28-17+. The van der Waals surface area contributed by atoms with Crippen LogP contribution in [0, 0.1) is 10.1 Å². The van der Waals surface area contributed by atoms with Gasteiger partial charge in [-0.05, 0) is 48.5 Å². The first-order valence-electron chi connectivity index (χ1n) is 13.7. The highest BCUT2D eigenvalue weighted by atomic mass is 35.5. The SMILES string of the molecule is O=C(CSc1cccc(NC(=O)/C(=C\c2c(Cl)cccc2Cl)NC(=O)c2ccccc2)c1)Nc1nc(-c2cccc([N+](=O)[O-])c2)cs1. The van der Waals surface area contributed by atoms with Gasteiger partial charge >= 0.3 is 0 Å². The van der Waals surface area contributed by atoms with Crippen molar-refractivity contribution < 1.29 is 19.3 Å². The molecule has 0 atom stereocenters. The number of nitrogens with one attached hydrogen (secondary N) is 3. The van der Waals surface area contributed by atoms with E-state index in [2.05, 4.69) is 20.9 Å². The maximum atomic E-state index is 13.5. The Labute approximate surface area is 287 Å². The first kappa shape index (κ1) is 33.4. The van der Waals surface area contributed by atoms with Gasteiger partial charge in [-0.1, -0.05) is 65.7 Å². The zero-order chi connectivity index (χ0) is 33.3. The molecule has 0 radical (unpaired) electrons. The zero-order valence-corrected chi connectivity index (χ0v) is 27.3. The molecule has 5 rings (SSSR count). The van der Waals surface area contributed by atoms with Crippen LogP contribution in [0.3, 0.4) is 0 Å². The first-order chi connectivity index (χ1) is 22.7. The van der Waals surface area contributed by atoms with E-state index < -0.39 is 16.7 Å². The van der Waals surface area contributed by atoms with E-state index in [1.54, 1.807) is 90.3 Å². The molecule has 47 heavy (non-hydrogen) atoms. The Kier molecular flexibility index (Phi) is 11.0. The van der Waals surface area contributed by atoms with E-state index in [0.29, 0.717) is 48.1 Å². The molecule has 1 aromatic heterocycles. The monoisotopic (exact) mass is 703 g/mol. The second-order valence-electron chi connectivity index (χ2n) is 9.68. The highest BCUT2D eigenvalue weighted by molar-refractivity contribution is 8.00. The van der Waals surface area contributed by atoms with Crippen LogP contribution in [0.4, 0.5) is 16.5 Å². The van der Waals surface area contributed by atoms with E-state index in [1.807, 2.05) is 0 Å². The Balaban J connectivity index is 1.24. The van der Waals surface area contributed by atoms with Crippen LogP contribution in [0.2, 0.25) is 10.0 Å². The Morgan fingerprint density at radius 2 is 1.62 bits per heavy atom. The van der Waals surface area contributed by atoms with Crippen molar-refractivity contribution in [3.05, 3.63) is 139 Å². The number of carbonyl (C=O) groups excluding carboxylic acids is 3. The van der Waals surface area contributed by atoms with Crippen LogP contribution in [0.1, 0.15) is 15.9 Å². The van der Waals surface area contributed by atoms with Gasteiger partial charge in [0.2, 0.25) is 5.91 Å². The van der Waals surface area contributed by atoms with Crippen molar-refractivity contribution in [1.82, 2.24) is 10.3 Å². The lowest BCUT2D eigenvalue weighted by Gasteiger charge is -2.13. The highest BCUT2D eigenvalue weighted by Crippen LogP contribution is 2.29. The number of anilines is 2. The first-order valence-corrected chi connectivity index (χ1v) is 16.3. The molecule has 1 heterocycles. The summed E-state index contributed by atoms with van der Waals surface area (Å²) in [5.41, 5.74) is 2.08. The van der Waals surface area contributed by atoms with Gasteiger partial charge in [0.25, 0.3) is 17.5 Å². The minimum absolute atomic E-state index is 0.0480. The molecule has 0 aliphatic rings. The van der Waals surface area contributed by atoms with Crippen LogP contribution in [0.15, 0.2) is 113 Å². The predicted molar refractivity (Wildman–Crippen MR) is 187 cm³/mol. The number of nitro benzene ring substituents is 1. The zero-order valence-electron chi connectivity index (χ0n) is 24.1. The van der Waals surface area contributed by atoms with E-state index in [1.165, 1.54) is 41.3 Å². The Morgan fingerprint density at radius 3 is 2.36 bits per heavy atom. The molecule has 10 nitrogen and oxygen atoms in total. The fourth-order valence-corrected chi connectivity index (χ4v) is 6.14. The number of benzene rings is 4. The summed E-state index contributed by atoms with van der Waals surface area (Å²) in [6.07, 6.45) is 1.41. The van der Waals surface area contributed by atoms with Gasteiger partial charge in [0.1, 0.15) is 5.70 Å². The van der Waals surface area contributed by atoms with Crippen molar-refractivity contribution in [2.75, 3.05) is 16.4 Å². The third-order valence-corrected chi connectivity index (χ3v) is 8.79. The number of thiazole rings is 1. The van der Waals surface area contributed by atoms with Crippen LogP contribution in [-0.2, 0) is 9.59 Å². The van der Waals surface area contributed by atoms with Gasteiger partial charge in [0, 0.05) is 54.8 Å². The van der Waals surface area contributed by atoms with Crippen LogP contribution in [0.25, 0.3) is 17.3 Å². The number of non-ortho nitro benzene ring substituents is 1. The molecule has 3 amide bonds.